The number of hydrogen-bond acceptors (Lipinski definition) is 1. The predicted octanol–water partition coefficient (Wildman–Crippen LogP) is 9.58. The van der Waals surface area contributed by atoms with Crippen LogP contribution in [0.15, 0.2) is 18.2 Å². The predicted molar refractivity (Wildman–Crippen MR) is 142 cm³/mol. The normalized spacial score (nSPS) is 33.2. The van der Waals surface area contributed by atoms with Crippen LogP contribution in [-0.4, -0.2) is 13.2 Å². The zero-order valence-corrected chi connectivity index (χ0v) is 22.1. The zero-order chi connectivity index (χ0) is 23.0. The summed E-state index contributed by atoms with van der Waals surface area (Å²) < 4.78 is 5.61. The number of unbranched alkanes of at least 4 members (excludes halogenated alkanes) is 2. The molecule has 3 aliphatic rings. The van der Waals surface area contributed by atoms with Crippen molar-refractivity contribution < 1.29 is 4.74 Å². The molecule has 0 unspecified atom stereocenters. The second-order valence-corrected chi connectivity index (χ2v) is 11.9. The molecule has 1 nitrogen and oxygen atoms in total. The fraction of sp³-hybridized carbons (Fsp3) is 0.812. The molecule has 3 saturated carbocycles. The minimum absolute atomic E-state index is 0.497. The third-order valence-corrected chi connectivity index (χ3v) is 10.0. The fourth-order valence-corrected chi connectivity index (χ4v) is 7.75. The summed E-state index contributed by atoms with van der Waals surface area (Å²) >= 11 is 0. The molecule has 0 amide bonds. The number of benzene rings is 1. The van der Waals surface area contributed by atoms with E-state index in [0.29, 0.717) is 6.10 Å². The van der Waals surface area contributed by atoms with Crippen LogP contribution in [0, 0.1) is 17.8 Å². The van der Waals surface area contributed by atoms with E-state index >= 15 is 0 Å². The molecule has 0 aliphatic heterocycles. The molecule has 186 valence electrons. The van der Waals surface area contributed by atoms with E-state index in [1.165, 1.54) is 109 Å². The molecule has 3 aliphatic carbocycles. The van der Waals surface area contributed by atoms with Crippen LogP contribution in [0.5, 0.6) is 0 Å². The summed E-state index contributed by atoms with van der Waals surface area (Å²) in [7, 11) is 1.88. The fourth-order valence-electron chi connectivity index (χ4n) is 7.75. The SMILES string of the molecule is CCCCCC1CCC(C2CCC(c3ccc(C4CCC(OC)CC4)c(CC)c3)CC2)CC1. The number of rotatable bonds is 9. The van der Waals surface area contributed by atoms with E-state index in [9.17, 15) is 0 Å². The van der Waals surface area contributed by atoms with Gasteiger partial charge < -0.3 is 4.74 Å². The molecule has 4 rings (SSSR count). The molecule has 0 radical (unpaired) electrons. The largest absolute Gasteiger partial charge is 0.381 e. The van der Waals surface area contributed by atoms with Gasteiger partial charge in [0.2, 0.25) is 0 Å². The van der Waals surface area contributed by atoms with Gasteiger partial charge in [-0.15, -0.1) is 0 Å². The molecule has 0 saturated heterocycles. The van der Waals surface area contributed by atoms with Crippen molar-refractivity contribution in [2.45, 2.75) is 141 Å². The topological polar surface area (TPSA) is 9.23 Å². The Kier molecular flexibility index (Phi) is 9.77. The lowest BCUT2D eigenvalue weighted by molar-refractivity contribution is 0.0658. The Labute approximate surface area is 205 Å². The van der Waals surface area contributed by atoms with Crippen LogP contribution in [0.25, 0.3) is 0 Å². The number of ether oxygens (including phenoxy) is 1. The van der Waals surface area contributed by atoms with Gasteiger partial charge in [-0.05, 0) is 117 Å². The van der Waals surface area contributed by atoms with Crippen LogP contribution in [-0.2, 0) is 11.2 Å². The van der Waals surface area contributed by atoms with E-state index in [0.717, 1.165) is 29.6 Å². The number of aryl methyl sites for hydroxylation is 1. The van der Waals surface area contributed by atoms with E-state index in [2.05, 4.69) is 32.0 Å². The van der Waals surface area contributed by atoms with Crippen LogP contribution in [0.2, 0.25) is 0 Å². The van der Waals surface area contributed by atoms with Gasteiger partial charge in [0.1, 0.15) is 0 Å². The lowest BCUT2D eigenvalue weighted by Gasteiger charge is -2.38. The number of methoxy groups -OCH3 is 1. The molecule has 3 fully saturated rings. The molecular weight excluding hydrogens is 400 g/mol. The van der Waals surface area contributed by atoms with Gasteiger partial charge in [0, 0.05) is 7.11 Å². The summed E-state index contributed by atoms with van der Waals surface area (Å²) in [5, 5.41) is 0. The van der Waals surface area contributed by atoms with Gasteiger partial charge in [-0.25, -0.2) is 0 Å². The Morgan fingerprint density at radius 2 is 1.36 bits per heavy atom. The van der Waals surface area contributed by atoms with Crippen LogP contribution in [0.3, 0.4) is 0 Å². The highest BCUT2D eigenvalue weighted by Crippen LogP contribution is 2.45. The van der Waals surface area contributed by atoms with Gasteiger partial charge in [-0.1, -0.05) is 70.6 Å². The maximum absolute atomic E-state index is 5.61. The first-order chi connectivity index (χ1) is 16.2. The summed E-state index contributed by atoms with van der Waals surface area (Å²) in [6.45, 7) is 4.69. The van der Waals surface area contributed by atoms with Crippen molar-refractivity contribution in [1.82, 2.24) is 0 Å². The van der Waals surface area contributed by atoms with Crippen LogP contribution in [0.4, 0.5) is 0 Å². The Bertz CT molecular complexity index is 684. The summed E-state index contributed by atoms with van der Waals surface area (Å²) in [6.07, 6.45) is 24.5. The minimum atomic E-state index is 0.497. The zero-order valence-electron chi connectivity index (χ0n) is 22.1. The third kappa shape index (κ3) is 6.65. The van der Waals surface area contributed by atoms with Crippen molar-refractivity contribution in [3.8, 4) is 0 Å². The first kappa shape index (κ1) is 25.3. The van der Waals surface area contributed by atoms with Gasteiger partial charge in [0.25, 0.3) is 0 Å². The van der Waals surface area contributed by atoms with Crippen molar-refractivity contribution >= 4 is 0 Å². The monoisotopic (exact) mass is 452 g/mol. The molecule has 0 N–H and O–H groups in total. The van der Waals surface area contributed by atoms with Crippen molar-refractivity contribution in [2.75, 3.05) is 7.11 Å². The van der Waals surface area contributed by atoms with E-state index in [-0.39, 0.29) is 0 Å². The molecule has 0 bridgehead atoms. The average Bonchev–Trinajstić information content (AvgIpc) is 2.89. The summed E-state index contributed by atoms with van der Waals surface area (Å²) in [4.78, 5) is 0. The summed E-state index contributed by atoms with van der Waals surface area (Å²) in [6, 6.07) is 7.66. The van der Waals surface area contributed by atoms with E-state index in [4.69, 9.17) is 4.74 Å². The standard InChI is InChI=1S/C32H52O/c1-4-6-7-8-24-9-11-26(12-10-24)27-13-15-28(16-14-27)30-19-22-32(25(5-2)23-30)29-17-20-31(33-3)21-18-29/h19,22-24,26-29,31H,4-18,20-21H2,1-3H3. The maximum Gasteiger partial charge on any atom is 0.0571 e. The van der Waals surface area contributed by atoms with E-state index in [1.807, 2.05) is 7.11 Å². The minimum Gasteiger partial charge on any atom is -0.381 e. The molecule has 1 aromatic carbocycles. The maximum atomic E-state index is 5.61. The smallest absolute Gasteiger partial charge is 0.0571 e. The van der Waals surface area contributed by atoms with Crippen molar-refractivity contribution in [1.29, 1.82) is 0 Å². The van der Waals surface area contributed by atoms with Gasteiger partial charge in [-0.2, -0.15) is 0 Å². The van der Waals surface area contributed by atoms with Crippen LogP contribution < -0.4 is 0 Å². The molecule has 1 aromatic rings. The second-order valence-electron chi connectivity index (χ2n) is 11.9. The van der Waals surface area contributed by atoms with Crippen LogP contribution >= 0.6 is 0 Å². The first-order valence-electron chi connectivity index (χ1n) is 14.9. The first-order valence-corrected chi connectivity index (χ1v) is 14.9. The summed E-state index contributed by atoms with van der Waals surface area (Å²) in [5.41, 5.74) is 4.94. The molecule has 0 aromatic heterocycles. The molecule has 0 spiro atoms. The highest BCUT2D eigenvalue weighted by Gasteiger charge is 2.31. The third-order valence-electron chi connectivity index (χ3n) is 10.0. The van der Waals surface area contributed by atoms with Gasteiger partial charge in [0.05, 0.1) is 6.10 Å². The van der Waals surface area contributed by atoms with Crippen molar-refractivity contribution in [2.24, 2.45) is 17.8 Å². The highest BCUT2D eigenvalue weighted by molar-refractivity contribution is 5.36. The lowest BCUT2D eigenvalue weighted by atomic mass is 9.67. The number of hydrogen-bond donors (Lipinski definition) is 0. The van der Waals surface area contributed by atoms with Crippen molar-refractivity contribution in [3.63, 3.8) is 0 Å². The van der Waals surface area contributed by atoms with E-state index in [1.54, 1.807) is 16.7 Å². The van der Waals surface area contributed by atoms with Gasteiger partial charge in [-0.3, -0.25) is 0 Å². The molecular formula is C32H52O. The molecule has 1 heteroatoms. The highest BCUT2D eigenvalue weighted by atomic mass is 16.5. The Balaban J connectivity index is 1.27. The average molecular weight is 453 g/mol. The molecule has 0 heterocycles. The van der Waals surface area contributed by atoms with Gasteiger partial charge >= 0.3 is 0 Å². The Morgan fingerprint density at radius 1 is 0.727 bits per heavy atom. The Morgan fingerprint density at radius 3 is 1.97 bits per heavy atom. The Hall–Kier alpha value is -0.820. The van der Waals surface area contributed by atoms with E-state index < -0.39 is 0 Å². The molecule has 0 atom stereocenters. The van der Waals surface area contributed by atoms with Crippen molar-refractivity contribution in [3.05, 3.63) is 34.9 Å². The second kappa shape index (κ2) is 12.8. The summed E-state index contributed by atoms with van der Waals surface area (Å²) in [5.74, 6) is 4.70. The lowest BCUT2D eigenvalue weighted by Crippen LogP contribution is -2.25. The quantitative estimate of drug-likeness (QED) is 0.339. The van der Waals surface area contributed by atoms with Gasteiger partial charge in [0.15, 0.2) is 0 Å². The van der Waals surface area contributed by atoms with Crippen LogP contribution in [0.1, 0.15) is 145 Å². The molecule has 33 heavy (non-hydrogen) atoms.